The van der Waals surface area contributed by atoms with Crippen molar-refractivity contribution < 1.29 is 9.59 Å². The molecule has 1 N–H and O–H groups in total. The summed E-state index contributed by atoms with van der Waals surface area (Å²) in [5.74, 6) is 0.253. The van der Waals surface area contributed by atoms with Gasteiger partial charge in [-0.2, -0.15) is 0 Å². The lowest BCUT2D eigenvalue weighted by molar-refractivity contribution is -0.118. The molecule has 0 aliphatic carbocycles. The standard InChI is InChI=1S/C22H27NO2/c1-2-3-4-8-11-21(24)16-19-12-14-20(15-13-19)23-22(25)17-18-9-6-5-7-10-18/h5-7,9-10,12-15H,2-4,8,11,16-17H2,1H3,(H,23,25). The summed E-state index contributed by atoms with van der Waals surface area (Å²) in [7, 11) is 0. The summed E-state index contributed by atoms with van der Waals surface area (Å²) in [6.07, 6.45) is 6.00. The fourth-order valence-corrected chi connectivity index (χ4v) is 2.76. The van der Waals surface area contributed by atoms with Crippen molar-refractivity contribution in [3.63, 3.8) is 0 Å². The molecule has 0 aromatic heterocycles. The van der Waals surface area contributed by atoms with E-state index < -0.39 is 0 Å². The molecule has 0 aliphatic rings. The van der Waals surface area contributed by atoms with E-state index in [1.54, 1.807) is 0 Å². The van der Waals surface area contributed by atoms with Crippen LogP contribution in [0.3, 0.4) is 0 Å². The van der Waals surface area contributed by atoms with Crippen LogP contribution in [-0.4, -0.2) is 11.7 Å². The fraction of sp³-hybridized carbons (Fsp3) is 0.364. The van der Waals surface area contributed by atoms with Crippen LogP contribution < -0.4 is 5.32 Å². The number of hydrogen-bond donors (Lipinski definition) is 1. The first kappa shape index (κ1) is 18.9. The molecule has 0 aliphatic heterocycles. The second-order valence-electron chi connectivity index (χ2n) is 6.43. The van der Waals surface area contributed by atoms with E-state index in [1.807, 2.05) is 54.6 Å². The first-order valence-electron chi connectivity index (χ1n) is 9.12. The van der Waals surface area contributed by atoms with E-state index in [0.29, 0.717) is 19.3 Å². The Labute approximate surface area is 150 Å². The molecule has 132 valence electrons. The molecule has 2 aromatic rings. The number of unbranched alkanes of at least 4 members (excludes halogenated alkanes) is 3. The molecular weight excluding hydrogens is 310 g/mol. The SMILES string of the molecule is CCCCCCC(=O)Cc1ccc(NC(=O)Cc2ccccc2)cc1. The monoisotopic (exact) mass is 337 g/mol. The third-order valence-corrected chi connectivity index (χ3v) is 4.16. The molecule has 2 aromatic carbocycles. The molecule has 0 heterocycles. The minimum atomic E-state index is -0.0362. The Kier molecular flexibility index (Phi) is 7.90. The number of rotatable bonds is 10. The van der Waals surface area contributed by atoms with Gasteiger partial charge < -0.3 is 5.32 Å². The number of amides is 1. The highest BCUT2D eigenvalue weighted by atomic mass is 16.1. The second kappa shape index (κ2) is 10.4. The highest BCUT2D eigenvalue weighted by Gasteiger charge is 2.06. The molecule has 1 amide bonds. The Morgan fingerprint density at radius 1 is 0.800 bits per heavy atom. The lowest BCUT2D eigenvalue weighted by Crippen LogP contribution is -2.14. The van der Waals surface area contributed by atoms with Crippen molar-refractivity contribution in [2.45, 2.75) is 51.9 Å². The van der Waals surface area contributed by atoms with Gasteiger partial charge in [0.15, 0.2) is 0 Å². The maximum atomic E-state index is 12.1. The van der Waals surface area contributed by atoms with Crippen LogP contribution in [0.1, 0.15) is 50.2 Å². The average molecular weight is 337 g/mol. The number of Topliss-reactive ketones (excluding diaryl/α,β-unsaturated/α-hetero) is 1. The van der Waals surface area contributed by atoms with Crippen LogP contribution in [0.4, 0.5) is 5.69 Å². The second-order valence-corrected chi connectivity index (χ2v) is 6.43. The number of hydrogen-bond acceptors (Lipinski definition) is 2. The van der Waals surface area contributed by atoms with Crippen molar-refractivity contribution >= 4 is 17.4 Å². The van der Waals surface area contributed by atoms with Crippen molar-refractivity contribution in [2.75, 3.05) is 5.32 Å². The Hall–Kier alpha value is -2.42. The minimum Gasteiger partial charge on any atom is -0.326 e. The quantitative estimate of drug-likeness (QED) is 0.624. The molecule has 25 heavy (non-hydrogen) atoms. The summed E-state index contributed by atoms with van der Waals surface area (Å²) in [5, 5.41) is 2.90. The van der Waals surface area contributed by atoms with E-state index in [4.69, 9.17) is 0 Å². The lowest BCUT2D eigenvalue weighted by atomic mass is 10.0. The predicted molar refractivity (Wildman–Crippen MR) is 103 cm³/mol. The maximum absolute atomic E-state index is 12.1. The summed E-state index contributed by atoms with van der Waals surface area (Å²) in [6, 6.07) is 17.2. The van der Waals surface area contributed by atoms with Crippen molar-refractivity contribution in [1.29, 1.82) is 0 Å². The number of anilines is 1. The lowest BCUT2D eigenvalue weighted by Gasteiger charge is -2.07. The molecule has 0 saturated heterocycles. The number of nitrogens with one attached hydrogen (secondary N) is 1. The maximum Gasteiger partial charge on any atom is 0.228 e. The zero-order valence-electron chi connectivity index (χ0n) is 15.0. The number of benzene rings is 2. The Balaban J connectivity index is 1.77. The molecule has 0 radical (unpaired) electrons. The molecule has 0 unspecified atom stereocenters. The number of carbonyl (C=O) groups is 2. The summed E-state index contributed by atoms with van der Waals surface area (Å²) in [5.41, 5.74) is 2.76. The van der Waals surface area contributed by atoms with Crippen LogP contribution in [0.2, 0.25) is 0 Å². The Morgan fingerprint density at radius 2 is 1.48 bits per heavy atom. The van der Waals surface area contributed by atoms with Gasteiger partial charge in [-0.3, -0.25) is 9.59 Å². The zero-order chi connectivity index (χ0) is 17.9. The third-order valence-electron chi connectivity index (χ3n) is 4.16. The Bertz CT molecular complexity index is 662. The molecule has 0 bridgehead atoms. The summed E-state index contributed by atoms with van der Waals surface area (Å²) < 4.78 is 0. The van der Waals surface area contributed by atoms with Crippen LogP contribution in [0.25, 0.3) is 0 Å². The van der Waals surface area contributed by atoms with Crippen LogP contribution in [0.5, 0.6) is 0 Å². The van der Waals surface area contributed by atoms with Crippen molar-refractivity contribution in [1.82, 2.24) is 0 Å². The molecule has 0 saturated carbocycles. The van der Waals surface area contributed by atoms with Gasteiger partial charge in [-0.25, -0.2) is 0 Å². The normalized spacial score (nSPS) is 10.4. The van der Waals surface area contributed by atoms with Gasteiger partial charge in [0, 0.05) is 18.5 Å². The van der Waals surface area contributed by atoms with Gasteiger partial charge in [-0.15, -0.1) is 0 Å². The Morgan fingerprint density at radius 3 is 2.16 bits per heavy atom. The van der Waals surface area contributed by atoms with Crippen molar-refractivity contribution in [3.05, 3.63) is 65.7 Å². The van der Waals surface area contributed by atoms with Gasteiger partial charge in [-0.1, -0.05) is 68.7 Å². The van der Waals surface area contributed by atoms with Crippen LogP contribution in [-0.2, 0) is 22.4 Å². The molecule has 0 spiro atoms. The van der Waals surface area contributed by atoms with Gasteiger partial charge in [0.1, 0.15) is 5.78 Å². The van der Waals surface area contributed by atoms with E-state index >= 15 is 0 Å². The summed E-state index contributed by atoms with van der Waals surface area (Å²) >= 11 is 0. The minimum absolute atomic E-state index is 0.0362. The third kappa shape index (κ3) is 7.34. The van der Waals surface area contributed by atoms with Crippen LogP contribution in [0, 0.1) is 0 Å². The van der Waals surface area contributed by atoms with Crippen LogP contribution in [0.15, 0.2) is 54.6 Å². The van der Waals surface area contributed by atoms with Gasteiger partial charge in [0.05, 0.1) is 6.42 Å². The van der Waals surface area contributed by atoms with Gasteiger partial charge >= 0.3 is 0 Å². The summed E-state index contributed by atoms with van der Waals surface area (Å²) in [4.78, 5) is 24.0. The van der Waals surface area contributed by atoms with Gasteiger partial charge in [0.25, 0.3) is 0 Å². The molecular formula is C22H27NO2. The van der Waals surface area contributed by atoms with E-state index in [0.717, 1.165) is 29.7 Å². The summed E-state index contributed by atoms with van der Waals surface area (Å²) in [6.45, 7) is 2.17. The molecule has 2 rings (SSSR count). The number of carbonyl (C=O) groups excluding carboxylic acids is 2. The highest BCUT2D eigenvalue weighted by molar-refractivity contribution is 5.92. The predicted octanol–water partition coefficient (Wildman–Crippen LogP) is 4.95. The van der Waals surface area contributed by atoms with Crippen LogP contribution >= 0.6 is 0 Å². The first-order valence-corrected chi connectivity index (χ1v) is 9.12. The van der Waals surface area contributed by atoms with E-state index in [1.165, 1.54) is 12.8 Å². The molecule has 0 atom stereocenters. The fourth-order valence-electron chi connectivity index (χ4n) is 2.76. The van der Waals surface area contributed by atoms with Gasteiger partial charge in [-0.05, 0) is 29.7 Å². The molecule has 0 fully saturated rings. The van der Waals surface area contributed by atoms with E-state index in [-0.39, 0.29) is 11.7 Å². The van der Waals surface area contributed by atoms with E-state index in [9.17, 15) is 9.59 Å². The van der Waals surface area contributed by atoms with Crippen molar-refractivity contribution in [3.8, 4) is 0 Å². The smallest absolute Gasteiger partial charge is 0.228 e. The van der Waals surface area contributed by atoms with Crippen molar-refractivity contribution in [2.24, 2.45) is 0 Å². The van der Waals surface area contributed by atoms with Gasteiger partial charge in [0.2, 0.25) is 5.91 Å². The molecule has 3 nitrogen and oxygen atoms in total. The first-order chi connectivity index (χ1) is 12.2. The topological polar surface area (TPSA) is 46.2 Å². The van der Waals surface area contributed by atoms with E-state index in [2.05, 4.69) is 12.2 Å². The highest BCUT2D eigenvalue weighted by Crippen LogP contribution is 2.13. The molecule has 3 heteroatoms. The largest absolute Gasteiger partial charge is 0.326 e. The number of ketones is 1. The zero-order valence-corrected chi connectivity index (χ0v) is 15.0. The average Bonchev–Trinajstić information content (AvgIpc) is 2.61.